The van der Waals surface area contributed by atoms with Gasteiger partial charge < -0.3 is 9.64 Å². The highest BCUT2D eigenvalue weighted by Crippen LogP contribution is 2.43. The van der Waals surface area contributed by atoms with Crippen molar-refractivity contribution >= 4 is 0 Å². The van der Waals surface area contributed by atoms with Crippen LogP contribution in [0.5, 0.6) is 0 Å². The fourth-order valence-corrected chi connectivity index (χ4v) is 5.08. The van der Waals surface area contributed by atoms with Crippen molar-refractivity contribution in [2.24, 2.45) is 17.8 Å². The van der Waals surface area contributed by atoms with Gasteiger partial charge in [-0.15, -0.1) is 0 Å². The Labute approximate surface area is 129 Å². The minimum absolute atomic E-state index is 0.428. The fraction of sp³-hybridized carbons (Fsp3) is 0.889. The summed E-state index contributed by atoms with van der Waals surface area (Å²) in [7, 11) is 0. The highest BCUT2D eigenvalue weighted by molar-refractivity contribution is 5.10. The summed E-state index contributed by atoms with van der Waals surface area (Å²) in [6.07, 6.45) is 11.0. The van der Waals surface area contributed by atoms with Crippen LogP contribution in [0.1, 0.15) is 32.6 Å². The zero-order valence-corrected chi connectivity index (χ0v) is 13.4. The summed E-state index contributed by atoms with van der Waals surface area (Å²) >= 11 is 0. The van der Waals surface area contributed by atoms with Crippen LogP contribution in [0.3, 0.4) is 0 Å². The van der Waals surface area contributed by atoms with Crippen molar-refractivity contribution in [3.05, 3.63) is 12.2 Å². The maximum atomic E-state index is 5.68. The smallest absolute Gasteiger partial charge is 0.0674 e. The SMILES string of the molecule is CC1CN(C2CCN(CC3CC4C=CC3C4)CC2)CCO1. The molecule has 2 saturated heterocycles. The van der Waals surface area contributed by atoms with Crippen molar-refractivity contribution in [1.29, 1.82) is 0 Å². The molecule has 21 heavy (non-hydrogen) atoms. The molecular weight excluding hydrogens is 260 g/mol. The molecule has 0 radical (unpaired) electrons. The minimum Gasteiger partial charge on any atom is -0.376 e. The summed E-state index contributed by atoms with van der Waals surface area (Å²) in [5, 5.41) is 0. The number of ether oxygens (including phenoxy) is 1. The summed E-state index contributed by atoms with van der Waals surface area (Å²) in [5.74, 6) is 2.79. The lowest BCUT2D eigenvalue weighted by Gasteiger charge is -2.42. The van der Waals surface area contributed by atoms with Crippen LogP contribution in [-0.2, 0) is 4.74 Å². The molecule has 0 aromatic carbocycles. The Balaban J connectivity index is 1.24. The van der Waals surface area contributed by atoms with Gasteiger partial charge in [0.2, 0.25) is 0 Å². The van der Waals surface area contributed by atoms with Gasteiger partial charge in [-0.25, -0.2) is 0 Å². The van der Waals surface area contributed by atoms with Gasteiger partial charge >= 0.3 is 0 Å². The number of hydrogen-bond acceptors (Lipinski definition) is 3. The number of rotatable bonds is 3. The van der Waals surface area contributed by atoms with Gasteiger partial charge in [-0.2, -0.15) is 0 Å². The van der Waals surface area contributed by atoms with Crippen molar-refractivity contribution in [2.45, 2.75) is 44.8 Å². The van der Waals surface area contributed by atoms with E-state index >= 15 is 0 Å². The molecule has 118 valence electrons. The lowest BCUT2D eigenvalue weighted by molar-refractivity contribution is -0.0440. The van der Waals surface area contributed by atoms with Crippen LogP contribution in [0.2, 0.25) is 0 Å². The van der Waals surface area contributed by atoms with Gasteiger partial charge in [0.05, 0.1) is 12.7 Å². The zero-order chi connectivity index (χ0) is 14.2. The van der Waals surface area contributed by atoms with E-state index in [1.807, 2.05) is 0 Å². The molecule has 0 N–H and O–H groups in total. The van der Waals surface area contributed by atoms with Crippen molar-refractivity contribution < 1.29 is 4.74 Å². The van der Waals surface area contributed by atoms with Crippen molar-refractivity contribution in [2.75, 3.05) is 39.3 Å². The van der Waals surface area contributed by atoms with Crippen molar-refractivity contribution in [1.82, 2.24) is 9.80 Å². The van der Waals surface area contributed by atoms with Gasteiger partial charge in [-0.1, -0.05) is 12.2 Å². The van der Waals surface area contributed by atoms with Gasteiger partial charge in [0, 0.05) is 25.7 Å². The second-order valence-electron chi connectivity index (χ2n) is 7.75. The van der Waals surface area contributed by atoms with E-state index in [0.29, 0.717) is 6.10 Å². The average molecular weight is 290 g/mol. The van der Waals surface area contributed by atoms with E-state index in [-0.39, 0.29) is 0 Å². The lowest BCUT2D eigenvalue weighted by atomic mass is 9.92. The number of nitrogens with zero attached hydrogens (tertiary/aromatic N) is 2. The molecule has 3 nitrogen and oxygen atoms in total. The molecule has 0 aromatic rings. The van der Waals surface area contributed by atoms with E-state index in [1.54, 1.807) is 0 Å². The normalized spacial score (nSPS) is 42.0. The van der Waals surface area contributed by atoms with E-state index in [1.165, 1.54) is 45.3 Å². The first-order valence-electron chi connectivity index (χ1n) is 9.04. The van der Waals surface area contributed by atoms with Gasteiger partial charge in [0.15, 0.2) is 0 Å². The Hall–Kier alpha value is -0.380. The summed E-state index contributed by atoms with van der Waals surface area (Å²) in [4.78, 5) is 5.44. The molecule has 1 saturated carbocycles. The van der Waals surface area contributed by atoms with E-state index in [4.69, 9.17) is 4.74 Å². The van der Waals surface area contributed by atoms with E-state index in [9.17, 15) is 0 Å². The first kappa shape index (κ1) is 14.2. The number of hydrogen-bond donors (Lipinski definition) is 0. The first-order valence-corrected chi connectivity index (χ1v) is 9.04. The number of allylic oxidation sites excluding steroid dienone is 2. The van der Waals surface area contributed by atoms with Gasteiger partial charge in [-0.05, 0) is 63.5 Å². The van der Waals surface area contributed by atoms with Crippen LogP contribution in [-0.4, -0.2) is 61.3 Å². The summed E-state index contributed by atoms with van der Waals surface area (Å²) in [6.45, 7) is 9.41. The molecule has 4 unspecified atom stereocenters. The van der Waals surface area contributed by atoms with Gasteiger partial charge in [-0.3, -0.25) is 4.90 Å². The molecule has 2 aliphatic carbocycles. The lowest BCUT2D eigenvalue weighted by Crippen LogP contribution is -2.51. The number of morpholine rings is 1. The average Bonchev–Trinajstić information content (AvgIpc) is 3.11. The zero-order valence-electron chi connectivity index (χ0n) is 13.4. The Morgan fingerprint density at radius 2 is 1.95 bits per heavy atom. The third-order valence-electron chi connectivity index (χ3n) is 6.26. The summed E-state index contributed by atoms with van der Waals surface area (Å²) in [6, 6.07) is 0.813. The van der Waals surface area contributed by atoms with Crippen molar-refractivity contribution in [3.8, 4) is 0 Å². The molecule has 3 heteroatoms. The second-order valence-corrected chi connectivity index (χ2v) is 7.75. The Morgan fingerprint density at radius 1 is 1.10 bits per heavy atom. The standard InChI is InChI=1S/C18H30N2O/c1-14-12-20(8-9-21-14)18-4-6-19(7-5-18)13-17-11-15-2-3-16(17)10-15/h2-3,14-18H,4-13H2,1H3. The molecule has 0 aromatic heterocycles. The van der Waals surface area contributed by atoms with Crippen LogP contribution >= 0.6 is 0 Å². The molecule has 0 amide bonds. The molecule has 4 atom stereocenters. The van der Waals surface area contributed by atoms with Crippen LogP contribution in [0.25, 0.3) is 0 Å². The van der Waals surface area contributed by atoms with Crippen molar-refractivity contribution in [3.63, 3.8) is 0 Å². The largest absolute Gasteiger partial charge is 0.376 e. The molecule has 4 aliphatic rings. The van der Waals surface area contributed by atoms with Crippen LogP contribution in [0.15, 0.2) is 12.2 Å². The van der Waals surface area contributed by atoms with Crippen LogP contribution in [0, 0.1) is 17.8 Å². The molecule has 2 bridgehead atoms. The second kappa shape index (κ2) is 6.02. The fourth-order valence-electron chi connectivity index (χ4n) is 5.08. The maximum absolute atomic E-state index is 5.68. The highest BCUT2D eigenvalue weighted by atomic mass is 16.5. The predicted octanol–water partition coefficient (Wildman–Crippen LogP) is 2.38. The number of likely N-dealkylation sites (tertiary alicyclic amines) is 1. The third-order valence-corrected chi connectivity index (χ3v) is 6.26. The molecular formula is C18H30N2O. The van der Waals surface area contributed by atoms with E-state index in [2.05, 4.69) is 28.9 Å². The first-order chi connectivity index (χ1) is 10.3. The van der Waals surface area contributed by atoms with E-state index < -0.39 is 0 Å². The number of fused-ring (bicyclic) bond motifs is 2. The van der Waals surface area contributed by atoms with Crippen LogP contribution in [0.4, 0.5) is 0 Å². The molecule has 2 heterocycles. The molecule has 0 spiro atoms. The quantitative estimate of drug-likeness (QED) is 0.742. The summed E-state index contributed by atoms with van der Waals surface area (Å²) in [5.41, 5.74) is 0. The van der Waals surface area contributed by atoms with Crippen LogP contribution < -0.4 is 0 Å². The highest BCUT2D eigenvalue weighted by Gasteiger charge is 2.37. The van der Waals surface area contributed by atoms with E-state index in [0.717, 1.165) is 43.5 Å². The predicted molar refractivity (Wildman–Crippen MR) is 85.3 cm³/mol. The minimum atomic E-state index is 0.428. The Bertz CT molecular complexity index is 389. The third kappa shape index (κ3) is 3.06. The number of piperidine rings is 1. The van der Waals surface area contributed by atoms with Gasteiger partial charge in [0.1, 0.15) is 0 Å². The molecule has 3 fully saturated rings. The molecule has 4 rings (SSSR count). The van der Waals surface area contributed by atoms with Gasteiger partial charge in [0.25, 0.3) is 0 Å². The topological polar surface area (TPSA) is 15.7 Å². The Morgan fingerprint density at radius 3 is 2.62 bits per heavy atom. The molecule has 2 aliphatic heterocycles. The maximum Gasteiger partial charge on any atom is 0.0674 e. The Kier molecular flexibility index (Phi) is 4.08. The monoisotopic (exact) mass is 290 g/mol. The summed E-state index contributed by atoms with van der Waals surface area (Å²) < 4.78 is 5.68.